The number of halogens is 3. The quantitative estimate of drug-likeness (QED) is 0.371. The minimum Gasteiger partial charge on any atom is -0.326 e. The number of anilines is 3. The van der Waals surface area contributed by atoms with E-state index >= 15 is 0 Å². The van der Waals surface area contributed by atoms with Crippen molar-refractivity contribution in [2.75, 3.05) is 27.8 Å². The van der Waals surface area contributed by atoms with Crippen LogP contribution in [0.1, 0.15) is 13.8 Å². The van der Waals surface area contributed by atoms with Gasteiger partial charge in [-0.05, 0) is 56.3 Å². The zero-order valence-electron chi connectivity index (χ0n) is 18.6. The van der Waals surface area contributed by atoms with Gasteiger partial charge in [0.1, 0.15) is 5.82 Å². The normalized spacial score (nSPS) is 18.8. The molecule has 184 valence electrons. The second-order valence-electron chi connectivity index (χ2n) is 7.49. The van der Waals surface area contributed by atoms with Crippen LogP contribution in [0.4, 0.5) is 30.2 Å². The number of nitrogens with zero attached hydrogens (tertiary/aromatic N) is 3. The van der Waals surface area contributed by atoms with E-state index in [0.29, 0.717) is 45.2 Å². The zero-order valence-corrected chi connectivity index (χ0v) is 21.1. The monoisotopic (exact) mass is 539 g/mol. The van der Waals surface area contributed by atoms with Gasteiger partial charge in [-0.1, -0.05) is 42.2 Å². The lowest BCUT2D eigenvalue weighted by Gasteiger charge is -2.23. The molecule has 0 N–H and O–H groups in total. The molecule has 1 saturated heterocycles. The second-order valence-corrected chi connectivity index (χ2v) is 11.1. The van der Waals surface area contributed by atoms with Gasteiger partial charge in [0.05, 0.1) is 26.9 Å². The van der Waals surface area contributed by atoms with E-state index in [1.807, 2.05) is 17.9 Å². The fourth-order valence-corrected chi connectivity index (χ4v) is 5.94. The molecule has 0 spiro atoms. The van der Waals surface area contributed by atoms with Crippen LogP contribution in [-0.4, -0.2) is 37.2 Å². The molecule has 0 aromatic heterocycles. The molecule has 0 unspecified atom stereocenters. The van der Waals surface area contributed by atoms with Crippen LogP contribution in [0.3, 0.4) is 0 Å². The number of benzene rings is 2. The molecule has 1 amide bonds. The SMILES string of the molecule is CCN1/C(=C\C=C2\SC(=S)N(c3ccccc3)C2=O)N(CC)c2cc(S(=O)(=O)C(F)(F)F)ccc21. The minimum absolute atomic E-state index is 0.275. The van der Waals surface area contributed by atoms with Gasteiger partial charge in [0.2, 0.25) is 0 Å². The molecule has 2 heterocycles. The molecule has 0 atom stereocenters. The minimum atomic E-state index is -5.49. The number of hydrogen-bond acceptors (Lipinski definition) is 7. The largest absolute Gasteiger partial charge is 0.501 e. The van der Waals surface area contributed by atoms with E-state index in [2.05, 4.69) is 0 Å². The van der Waals surface area contributed by atoms with Crippen molar-refractivity contribution in [3.63, 3.8) is 0 Å². The summed E-state index contributed by atoms with van der Waals surface area (Å²) in [5.74, 6) is 0.333. The van der Waals surface area contributed by atoms with Crippen molar-refractivity contribution in [2.45, 2.75) is 24.3 Å². The first-order valence-electron chi connectivity index (χ1n) is 10.5. The van der Waals surface area contributed by atoms with Gasteiger partial charge in [0.15, 0.2) is 4.32 Å². The third-order valence-corrected chi connectivity index (χ3v) is 8.33. The summed E-state index contributed by atoms with van der Waals surface area (Å²) in [7, 11) is -5.49. The molecule has 6 nitrogen and oxygen atoms in total. The highest BCUT2D eigenvalue weighted by Crippen LogP contribution is 2.44. The average molecular weight is 540 g/mol. The molecular formula is C23H20F3N3O3S3. The fraction of sp³-hybridized carbons (Fsp3) is 0.217. The Hall–Kier alpha value is -2.83. The molecule has 4 rings (SSSR count). The number of sulfone groups is 1. The predicted molar refractivity (Wildman–Crippen MR) is 136 cm³/mol. The van der Waals surface area contributed by atoms with E-state index in [4.69, 9.17) is 12.2 Å². The lowest BCUT2D eigenvalue weighted by Crippen LogP contribution is -2.28. The summed E-state index contributed by atoms with van der Waals surface area (Å²) in [6.07, 6.45) is 3.32. The van der Waals surface area contributed by atoms with Crippen LogP contribution in [0.25, 0.3) is 0 Å². The molecule has 2 aliphatic rings. The molecule has 0 bridgehead atoms. The number of rotatable bonds is 5. The molecule has 0 radical (unpaired) electrons. The van der Waals surface area contributed by atoms with E-state index in [-0.39, 0.29) is 5.91 Å². The van der Waals surface area contributed by atoms with Gasteiger partial charge in [-0.15, -0.1) is 0 Å². The Balaban J connectivity index is 1.72. The highest BCUT2D eigenvalue weighted by molar-refractivity contribution is 8.27. The van der Waals surface area contributed by atoms with Crippen LogP contribution < -0.4 is 14.7 Å². The van der Waals surface area contributed by atoms with Crippen molar-refractivity contribution in [1.29, 1.82) is 0 Å². The van der Waals surface area contributed by atoms with Gasteiger partial charge < -0.3 is 9.80 Å². The Morgan fingerprint density at radius 3 is 2.20 bits per heavy atom. The maximum atomic E-state index is 13.1. The summed E-state index contributed by atoms with van der Waals surface area (Å²) in [5, 5.41) is 0. The number of para-hydroxylation sites is 1. The molecular weight excluding hydrogens is 519 g/mol. The number of hydrogen-bond donors (Lipinski definition) is 0. The Morgan fingerprint density at radius 1 is 0.971 bits per heavy atom. The third kappa shape index (κ3) is 4.34. The van der Waals surface area contributed by atoms with E-state index in [1.165, 1.54) is 11.0 Å². The molecule has 35 heavy (non-hydrogen) atoms. The fourth-order valence-electron chi connectivity index (χ4n) is 3.92. The number of fused-ring (bicyclic) bond motifs is 1. The lowest BCUT2D eigenvalue weighted by atomic mass is 10.2. The van der Waals surface area contributed by atoms with Crippen molar-refractivity contribution in [2.24, 2.45) is 0 Å². The summed E-state index contributed by atoms with van der Waals surface area (Å²) < 4.78 is 63.6. The van der Waals surface area contributed by atoms with Crippen LogP contribution in [0.2, 0.25) is 0 Å². The summed E-state index contributed by atoms with van der Waals surface area (Å²) in [6, 6.07) is 12.4. The summed E-state index contributed by atoms with van der Waals surface area (Å²) >= 11 is 6.54. The van der Waals surface area contributed by atoms with Crippen molar-refractivity contribution in [1.82, 2.24) is 0 Å². The Labute approximate surface area is 210 Å². The third-order valence-electron chi connectivity index (χ3n) is 5.52. The number of alkyl halides is 3. The van der Waals surface area contributed by atoms with Crippen molar-refractivity contribution >= 4 is 61.1 Å². The Kier molecular flexibility index (Phi) is 6.73. The van der Waals surface area contributed by atoms with Crippen LogP contribution in [0.5, 0.6) is 0 Å². The van der Waals surface area contributed by atoms with Crippen molar-refractivity contribution in [3.8, 4) is 0 Å². The first-order valence-corrected chi connectivity index (χ1v) is 13.3. The van der Waals surface area contributed by atoms with Crippen molar-refractivity contribution < 1.29 is 26.4 Å². The highest BCUT2D eigenvalue weighted by atomic mass is 32.2. The predicted octanol–water partition coefficient (Wildman–Crippen LogP) is 5.44. The molecule has 2 aromatic carbocycles. The number of thioether (sulfide) groups is 1. The van der Waals surface area contributed by atoms with Gasteiger partial charge in [0, 0.05) is 13.1 Å². The molecule has 0 aliphatic carbocycles. The summed E-state index contributed by atoms with van der Waals surface area (Å²) in [5.41, 5.74) is -3.82. The Bertz CT molecular complexity index is 1360. The highest BCUT2D eigenvalue weighted by Gasteiger charge is 2.47. The Morgan fingerprint density at radius 2 is 1.60 bits per heavy atom. The van der Waals surface area contributed by atoms with Gasteiger partial charge in [-0.3, -0.25) is 9.69 Å². The van der Waals surface area contributed by atoms with E-state index < -0.39 is 20.2 Å². The molecule has 1 fully saturated rings. The number of carbonyl (C=O) groups excluding carboxylic acids is 1. The molecule has 2 aromatic rings. The van der Waals surface area contributed by atoms with Crippen LogP contribution in [0, 0.1) is 0 Å². The van der Waals surface area contributed by atoms with Crippen LogP contribution in [-0.2, 0) is 14.6 Å². The number of carbonyl (C=O) groups is 1. The number of amides is 1. The summed E-state index contributed by atoms with van der Waals surface area (Å²) in [6.45, 7) is 4.51. The maximum Gasteiger partial charge on any atom is 0.501 e. The molecule has 12 heteroatoms. The number of thiocarbonyl (C=S) groups is 1. The van der Waals surface area contributed by atoms with Crippen LogP contribution in [0.15, 0.2) is 76.3 Å². The van der Waals surface area contributed by atoms with E-state index in [9.17, 15) is 26.4 Å². The number of allylic oxidation sites excluding steroid dienone is 2. The van der Waals surface area contributed by atoms with Gasteiger partial charge in [-0.25, -0.2) is 8.42 Å². The first-order chi connectivity index (χ1) is 16.5. The second kappa shape index (κ2) is 9.32. The smallest absolute Gasteiger partial charge is 0.326 e. The zero-order chi connectivity index (χ0) is 25.5. The standard InChI is InChI=1S/C23H20F3N3O3S3/c1-3-27-17-11-10-16(35(31,32)23(24,25)26)14-18(17)28(4-2)20(27)13-12-19-21(30)29(22(33)34-19)15-8-6-5-7-9-15/h5-14H,3-4H2,1-2H3/b19-12+,20-13+. The maximum absolute atomic E-state index is 13.1. The lowest BCUT2D eigenvalue weighted by molar-refractivity contribution is -0.113. The summed E-state index contributed by atoms with van der Waals surface area (Å²) in [4.78, 5) is 17.6. The van der Waals surface area contributed by atoms with Gasteiger partial charge in [0.25, 0.3) is 15.7 Å². The topological polar surface area (TPSA) is 60.9 Å². The first kappa shape index (κ1) is 25.3. The average Bonchev–Trinajstić information content (AvgIpc) is 3.28. The van der Waals surface area contributed by atoms with Gasteiger partial charge >= 0.3 is 5.51 Å². The van der Waals surface area contributed by atoms with Crippen molar-refractivity contribution in [3.05, 3.63) is 71.4 Å². The molecule has 2 aliphatic heterocycles. The van der Waals surface area contributed by atoms with E-state index in [1.54, 1.807) is 48.2 Å². The molecule has 0 saturated carbocycles. The van der Waals surface area contributed by atoms with Gasteiger partial charge in [-0.2, -0.15) is 13.2 Å². The van der Waals surface area contributed by atoms with E-state index in [0.717, 1.165) is 23.9 Å². The van der Waals surface area contributed by atoms with Crippen LogP contribution >= 0.6 is 24.0 Å².